The van der Waals surface area contributed by atoms with Crippen molar-refractivity contribution in [1.29, 1.82) is 0 Å². The van der Waals surface area contributed by atoms with Gasteiger partial charge in [0, 0.05) is 0 Å². The van der Waals surface area contributed by atoms with Crippen LogP contribution in [-0.4, -0.2) is 25.0 Å². The summed E-state index contributed by atoms with van der Waals surface area (Å²) in [5.41, 5.74) is 0.537. The van der Waals surface area contributed by atoms with Crippen molar-refractivity contribution in [3.05, 3.63) is 51.7 Å². The fraction of sp³-hybridized carbons (Fsp3) is 0.176. The van der Waals surface area contributed by atoms with Gasteiger partial charge < -0.3 is 19.4 Å². The largest absolute Gasteiger partial charge is 0.544 e. The van der Waals surface area contributed by atoms with Gasteiger partial charge in [-0.05, 0) is 42.8 Å². The molecule has 0 saturated carbocycles. The SMILES string of the molecule is CCOc1cc(/C=C/C(=O)c2ccc(C(=O)[O-])s2)ccc1OC(F)F. The lowest BCUT2D eigenvalue weighted by Crippen LogP contribution is -2.20. The molecular weight excluding hydrogens is 354 g/mol. The number of carboxylic acids is 1. The minimum Gasteiger partial charge on any atom is -0.544 e. The Hall–Kier alpha value is -2.74. The Bertz CT molecular complexity index is 798. The lowest BCUT2D eigenvalue weighted by molar-refractivity contribution is -0.254. The topological polar surface area (TPSA) is 75.7 Å². The average molecular weight is 367 g/mol. The number of hydrogen-bond donors (Lipinski definition) is 0. The van der Waals surface area contributed by atoms with Crippen LogP contribution in [-0.2, 0) is 0 Å². The van der Waals surface area contributed by atoms with Gasteiger partial charge in [-0.1, -0.05) is 12.1 Å². The molecule has 0 bridgehead atoms. The van der Waals surface area contributed by atoms with Crippen molar-refractivity contribution in [1.82, 2.24) is 0 Å². The van der Waals surface area contributed by atoms with E-state index >= 15 is 0 Å². The molecule has 0 amide bonds. The summed E-state index contributed by atoms with van der Waals surface area (Å²) in [6.07, 6.45) is 2.72. The van der Waals surface area contributed by atoms with Crippen LogP contribution in [0.15, 0.2) is 36.4 Å². The Morgan fingerprint density at radius 1 is 1.20 bits per heavy atom. The molecule has 1 heterocycles. The van der Waals surface area contributed by atoms with E-state index < -0.39 is 12.6 Å². The summed E-state index contributed by atoms with van der Waals surface area (Å²) in [5.74, 6) is -1.70. The molecule has 5 nitrogen and oxygen atoms in total. The van der Waals surface area contributed by atoms with Crippen molar-refractivity contribution >= 4 is 29.2 Å². The predicted octanol–water partition coefficient (Wildman–Crippen LogP) is 3.01. The number of alkyl halides is 2. The number of aromatic carboxylic acids is 1. The van der Waals surface area contributed by atoms with E-state index in [1.807, 2.05) is 0 Å². The maximum atomic E-state index is 12.4. The molecule has 2 aromatic rings. The maximum absolute atomic E-state index is 12.4. The molecule has 0 aliphatic carbocycles. The molecule has 0 aliphatic rings. The first-order valence-corrected chi connectivity index (χ1v) is 7.97. The van der Waals surface area contributed by atoms with E-state index in [0.717, 1.165) is 11.3 Å². The first-order valence-electron chi connectivity index (χ1n) is 7.16. The molecule has 25 heavy (non-hydrogen) atoms. The van der Waals surface area contributed by atoms with Crippen LogP contribution in [0.3, 0.4) is 0 Å². The summed E-state index contributed by atoms with van der Waals surface area (Å²) in [4.78, 5) is 23.0. The van der Waals surface area contributed by atoms with E-state index in [-0.39, 0.29) is 33.6 Å². The van der Waals surface area contributed by atoms with Gasteiger partial charge >= 0.3 is 6.61 Å². The minimum atomic E-state index is -2.97. The van der Waals surface area contributed by atoms with Crippen LogP contribution >= 0.6 is 11.3 Å². The van der Waals surface area contributed by atoms with Crippen molar-refractivity contribution < 1.29 is 33.0 Å². The highest BCUT2D eigenvalue weighted by atomic mass is 32.1. The number of thiophene rings is 1. The minimum absolute atomic E-state index is 0.0381. The second-order valence-corrected chi connectivity index (χ2v) is 5.75. The number of allylic oxidation sites excluding steroid dienone is 1. The Labute approximate surface area is 146 Å². The highest BCUT2D eigenvalue weighted by Crippen LogP contribution is 2.30. The molecule has 0 spiro atoms. The third kappa shape index (κ3) is 5.12. The van der Waals surface area contributed by atoms with Gasteiger partial charge in [-0.3, -0.25) is 4.79 Å². The molecule has 0 saturated heterocycles. The Balaban J connectivity index is 2.17. The number of carbonyl (C=O) groups is 2. The molecule has 2 rings (SSSR count). The number of ether oxygens (including phenoxy) is 2. The quantitative estimate of drug-likeness (QED) is 0.530. The second-order valence-electron chi connectivity index (χ2n) is 4.67. The molecule has 0 atom stereocenters. The van der Waals surface area contributed by atoms with Crippen LogP contribution in [0.5, 0.6) is 11.5 Å². The number of carbonyl (C=O) groups excluding carboxylic acids is 2. The average Bonchev–Trinajstić information content (AvgIpc) is 3.05. The van der Waals surface area contributed by atoms with Gasteiger partial charge in [-0.2, -0.15) is 8.78 Å². The van der Waals surface area contributed by atoms with Crippen molar-refractivity contribution in [2.24, 2.45) is 0 Å². The van der Waals surface area contributed by atoms with E-state index in [1.54, 1.807) is 6.92 Å². The number of halogens is 2. The summed E-state index contributed by atoms with van der Waals surface area (Å²) >= 11 is 0.814. The highest BCUT2D eigenvalue weighted by molar-refractivity contribution is 7.16. The third-order valence-corrected chi connectivity index (χ3v) is 4.04. The molecule has 0 aliphatic heterocycles. The standard InChI is InChI=1S/C17H14F2O5S/c1-2-23-13-9-10(4-6-12(13)24-17(18)19)3-5-11(20)14-7-8-15(25-14)16(21)22/h3-9,17H,2H2,1H3,(H,21,22)/p-1/b5-3+. The Morgan fingerprint density at radius 2 is 1.92 bits per heavy atom. The molecule has 1 aromatic carbocycles. The second kappa shape index (κ2) is 8.39. The molecular formula is C17H13F2O5S-. The number of rotatable bonds is 8. The molecule has 0 fully saturated rings. The van der Waals surface area contributed by atoms with Crippen molar-refractivity contribution in [3.8, 4) is 11.5 Å². The van der Waals surface area contributed by atoms with E-state index in [0.29, 0.717) is 5.56 Å². The van der Waals surface area contributed by atoms with Gasteiger partial charge in [0.15, 0.2) is 17.3 Å². The zero-order chi connectivity index (χ0) is 18.4. The van der Waals surface area contributed by atoms with Gasteiger partial charge in [0.2, 0.25) is 0 Å². The molecule has 8 heteroatoms. The van der Waals surface area contributed by atoms with E-state index in [9.17, 15) is 23.5 Å². The number of carboxylic acid groups (broad SMARTS) is 1. The van der Waals surface area contributed by atoms with Crippen LogP contribution in [0.4, 0.5) is 8.78 Å². The molecule has 1 aromatic heterocycles. The van der Waals surface area contributed by atoms with Crippen LogP contribution in [0.1, 0.15) is 31.8 Å². The summed E-state index contributed by atoms with van der Waals surface area (Å²) in [5, 5.41) is 10.7. The monoisotopic (exact) mass is 367 g/mol. The molecule has 132 valence electrons. The maximum Gasteiger partial charge on any atom is 0.387 e. The van der Waals surface area contributed by atoms with Gasteiger partial charge in [0.05, 0.1) is 22.3 Å². The number of benzene rings is 1. The first-order chi connectivity index (χ1) is 11.9. The summed E-state index contributed by atoms with van der Waals surface area (Å²) in [6.45, 7) is -1.02. The van der Waals surface area contributed by atoms with Crippen molar-refractivity contribution in [2.75, 3.05) is 6.61 Å². The fourth-order valence-electron chi connectivity index (χ4n) is 1.92. The lowest BCUT2D eigenvalue weighted by Gasteiger charge is -2.11. The Kier molecular flexibility index (Phi) is 6.24. The third-order valence-electron chi connectivity index (χ3n) is 2.96. The molecule has 0 unspecified atom stereocenters. The van der Waals surface area contributed by atoms with E-state index in [4.69, 9.17) is 4.74 Å². The first kappa shape index (κ1) is 18.6. The van der Waals surface area contributed by atoms with E-state index in [2.05, 4.69) is 4.74 Å². The predicted molar refractivity (Wildman–Crippen MR) is 86.3 cm³/mol. The Morgan fingerprint density at radius 3 is 2.52 bits per heavy atom. The fourth-order valence-corrected chi connectivity index (χ4v) is 2.69. The van der Waals surface area contributed by atoms with Crippen molar-refractivity contribution in [3.63, 3.8) is 0 Å². The van der Waals surface area contributed by atoms with E-state index in [1.165, 1.54) is 42.5 Å². The number of hydrogen-bond acceptors (Lipinski definition) is 6. The molecule has 0 radical (unpaired) electrons. The number of ketones is 1. The molecule has 0 N–H and O–H groups in total. The summed E-state index contributed by atoms with van der Waals surface area (Å²) in [7, 11) is 0. The van der Waals surface area contributed by atoms with Crippen LogP contribution in [0, 0.1) is 0 Å². The van der Waals surface area contributed by atoms with Crippen molar-refractivity contribution in [2.45, 2.75) is 13.5 Å². The van der Waals surface area contributed by atoms with Gasteiger partial charge in [-0.25, -0.2) is 0 Å². The van der Waals surface area contributed by atoms with Gasteiger partial charge in [-0.15, -0.1) is 11.3 Å². The van der Waals surface area contributed by atoms with Crippen LogP contribution in [0.25, 0.3) is 6.08 Å². The zero-order valence-corrected chi connectivity index (χ0v) is 13.8. The normalized spacial score (nSPS) is 11.0. The summed E-state index contributed by atoms with van der Waals surface area (Å²) < 4.78 is 34.3. The summed E-state index contributed by atoms with van der Waals surface area (Å²) in [6, 6.07) is 6.97. The van der Waals surface area contributed by atoms with Gasteiger partial charge in [0.25, 0.3) is 0 Å². The van der Waals surface area contributed by atoms with Gasteiger partial charge in [0.1, 0.15) is 0 Å². The highest BCUT2D eigenvalue weighted by Gasteiger charge is 2.11. The zero-order valence-electron chi connectivity index (χ0n) is 13.0. The van der Waals surface area contributed by atoms with Crippen LogP contribution < -0.4 is 14.6 Å². The lowest BCUT2D eigenvalue weighted by atomic mass is 10.1. The van der Waals surface area contributed by atoms with Crippen LogP contribution in [0.2, 0.25) is 0 Å². The smallest absolute Gasteiger partial charge is 0.387 e.